The van der Waals surface area contributed by atoms with Crippen LogP contribution in [0, 0.1) is 6.92 Å². The maximum atomic E-state index is 5.31. The molecular weight excluding hydrogens is 232 g/mol. The predicted octanol–water partition coefficient (Wildman–Crippen LogP) is 4.52. The third-order valence-corrected chi connectivity index (χ3v) is 3.66. The lowest BCUT2D eigenvalue weighted by Gasteiger charge is -2.25. The van der Waals surface area contributed by atoms with Crippen molar-refractivity contribution < 1.29 is 4.74 Å². The standard InChI is InChI=1S/C18H22O/c1-14-12-15(10-11-17(14)19-4)13-18(2,3)16-8-6-5-7-9-16/h5-12H,13H2,1-4H3. The Balaban J connectivity index is 2.23. The maximum Gasteiger partial charge on any atom is 0.121 e. The van der Waals surface area contributed by atoms with Gasteiger partial charge in [0.1, 0.15) is 5.75 Å². The first-order chi connectivity index (χ1) is 9.03. The predicted molar refractivity (Wildman–Crippen MR) is 80.9 cm³/mol. The molecule has 0 aliphatic rings. The molecule has 2 rings (SSSR count). The number of hydrogen-bond acceptors (Lipinski definition) is 1. The molecule has 2 aromatic carbocycles. The average Bonchev–Trinajstić information content (AvgIpc) is 2.39. The summed E-state index contributed by atoms with van der Waals surface area (Å²) in [6, 6.07) is 17.1. The van der Waals surface area contributed by atoms with Crippen molar-refractivity contribution in [2.45, 2.75) is 32.6 Å². The zero-order valence-corrected chi connectivity index (χ0v) is 12.2. The molecule has 0 saturated carbocycles. The molecule has 0 heterocycles. The Bertz CT molecular complexity index is 541. The molecule has 0 fully saturated rings. The molecular formula is C18H22O. The lowest BCUT2D eigenvalue weighted by atomic mass is 9.79. The van der Waals surface area contributed by atoms with Crippen LogP contribution in [0.2, 0.25) is 0 Å². The van der Waals surface area contributed by atoms with E-state index in [1.807, 2.05) is 0 Å². The SMILES string of the molecule is COc1ccc(CC(C)(C)c2ccccc2)cc1C. The van der Waals surface area contributed by atoms with Gasteiger partial charge in [0.15, 0.2) is 0 Å². The van der Waals surface area contributed by atoms with Gasteiger partial charge in [0.05, 0.1) is 7.11 Å². The Kier molecular flexibility index (Phi) is 3.94. The molecule has 0 N–H and O–H groups in total. The molecule has 0 amide bonds. The van der Waals surface area contributed by atoms with Gasteiger partial charge in [-0.05, 0) is 41.5 Å². The summed E-state index contributed by atoms with van der Waals surface area (Å²) in [6.45, 7) is 6.68. The van der Waals surface area contributed by atoms with E-state index in [-0.39, 0.29) is 5.41 Å². The van der Waals surface area contributed by atoms with Crippen molar-refractivity contribution in [2.75, 3.05) is 7.11 Å². The Hall–Kier alpha value is -1.76. The van der Waals surface area contributed by atoms with E-state index in [1.54, 1.807) is 7.11 Å². The minimum atomic E-state index is 0.141. The highest BCUT2D eigenvalue weighted by molar-refractivity contribution is 5.37. The molecule has 19 heavy (non-hydrogen) atoms. The van der Waals surface area contributed by atoms with Crippen LogP contribution < -0.4 is 4.74 Å². The van der Waals surface area contributed by atoms with Gasteiger partial charge in [-0.2, -0.15) is 0 Å². The van der Waals surface area contributed by atoms with E-state index in [9.17, 15) is 0 Å². The van der Waals surface area contributed by atoms with Crippen molar-refractivity contribution in [3.05, 3.63) is 65.2 Å². The molecule has 0 radical (unpaired) electrons. The van der Waals surface area contributed by atoms with Crippen LogP contribution in [0.15, 0.2) is 48.5 Å². The van der Waals surface area contributed by atoms with Gasteiger partial charge in [0, 0.05) is 0 Å². The Morgan fingerprint density at radius 2 is 1.68 bits per heavy atom. The van der Waals surface area contributed by atoms with Gasteiger partial charge in [0.2, 0.25) is 0 Å². The molecule has 0 atom stereocenters. The number of benzene rings is 2. The van der Waals surface area contributed by atoms with E-state index in [0.29, 0.717) is 0 Å². The fourth-order valence-corrected chi connectivity index (χ4v) is 2.55. The summed E-state index contributed by atoms with van der Waals surface area (Å²) in [5.74, 6) is 0.960. The van der Waals surface area contributed by atoms with Crippen LogP contribution in [0.25, 0.3) is 0 Å². The molecule has 0 aliphatic carbocycles. The minimum Gasteiger partial charge on any atom is -0.496 e. The van der Waals surface area contributed by atoms with Crippen molar-refractivity contribution in [3.63, 3.8) is 0 Å². The third-order valence-electron chi connectivity index (χ3n) is 3.66. The molecule has 0 aliphatic heterocycles. The monoisotopic (exact) mass is 254 g/mol. The third kappa shape index (κ3) is 3.17. The smallest absolute Gasteiger partial charge is 0.121 e. The fraction of sp³-hybridized carbons (Fsp3) is 0.333. The van der Waals surface area contributed by atoms with E-state index < -0.39 is 0 Å². The first-order valence-corrected chi connectivity index (χ1v) is 6.72. The van der Waals surface area contributed by atoms with Gasteiger partial charge in [-0.15, -0.1) is 0 Å². The minimum absolute atomic E-state index is 0.141. The van der Waals surface area contributed by atoms with Crippen molar-refractivity contribution >= 4 is 0 Å². The summed E-state index contributed by atoms with van der Waals surface area (Å²) in [6.07, 6.45) is 1.03. The first kappa shape index (κ1) is 13.7. The summed E-state index contributed by atoms with van der Waals surface area (Å²) in [5, 5.41) is 0. The van der Waals surface area contributed by atoms with E-state index in [2.05, 4.69) is 69.3 Å². The molecule has 0 spiro atoms. The maximum absolute atomic E-state index is 5.31. The molecule has 0 unspecified atom stereocenters. The zero-order chi connectivity index (χ0) is 13.9. The fourth-order valence-electron chi connectivity index (χ4n) is 2.55. The first-order valence-electron chi connectivity index (χ1n) is 6.72. The Morgan fingerprint density at radius 3 is 2.26 bits per heavy atom. The highest BCUT2D eigenvalue weighted by Crippen LogP contribution is 2.29. The topological polar surface area (TPSA) is 9.23 Å². The molecule has 0 aromatic heterocycles. The second-order valence-electron chi connectivity index (χ2n) is 5.73. The summed E-state index contributed by atoms with van der Waals surface area (Å²) >= 11 is 0. The van der Waals surface area contributed by atoms with E-state index in [1.165, 1.54) is 16.7 Å². The van der Waals surface area contributed by atoms with Crippen LogP contribution >= 0.6 is 0 Å². The number of methoxy groups -OCH3 is 1. The van der Waals surface area contributed by atoms with Crippen LogP contribution in [0.1, 0.15) is 30.5 Å². The summed E-state index contributed by atoms with van der Waals surface area (Å²) in [7, 11) is 1.72. The lowest BCUT2D eigenvalue weighted by Crippen LogP contribution is -2.20. The number of aryl methyl sites for hydroxylation is 1. The summed E-state index contributed by atoms with van der Waals surface area (Å²) in [5.41, 5.74) is 4.07. The molecule has 0 saturated heterocycles. The van der Waals surface area contributed by atoms with Crippen molar-refractivity contribution in [2.24, 2.45) is 0 Å². The van der Waals surface area contributed by atoms with Gasteiger partial charge in [-0.3, -0.25) is 0 Å². The number of hydrogen-bond donors (Lipinski definition) is 0. The molecule has 2 aromatic rings. The largest absolute Gasteiger partial charge is 0.496 e. The van der Waals surface area contributed by atoms with Gasteiger partial charge in [-0.25, -0.2) is 0 Å². The van der Waals surface area contributed by atoms with Crippen molar-refractivity contribution in [3.8, 4) is 5.75 Å². The van der Waals surface area contributed by atoms with E-state index in [0.717, 1.165) is 12.2 Å². The Labute approximate surface area is 116 Å². The van der Waals surface area contributed by atoms with Crippen LogP contribution in [0.3, 0.4) is 0 Å². The molecule has 100 valence electrons. The Morgan fingerprint density at radius 1 is 1.00 bits per heavy atom. The molecule has 1 nitrogen and oxygen atoms in total. The second-order valence-corrected chi connectivity index (χ2v) is 5.73. The van der Waals surface area contributed by atoms with Crippen LogP contribution in [0.5, 0.6) is 5.75 Å². The van der Waals surface area contributed by atoms with E-state index >= 15 is 0 Å². The van der Waals surface area contributed by atoms with Crippen LogP contribution in [-0.2, 0) is 11.8 Å². The van der Waals surface area contributed by atoms with Gasteiger partial charge in [0.25, 0.3) is 0 Å². The molecule has 1 heteroatoms. The summed E-state index contributed by atoms with van der Waals surface area (Å²) < 4.78 is 5.31. The van der Waals surface area contributed by atoms with Crippen LogP contribution in [0.4, 0.5) is 0 Å². The highest BCUT2D eigenvalue weighted by Gasteiger charge is 2.20. The highest BCUT2D eigenvalue weighted by atomic mass is 16.5. The van der Waals surface area contributed by atoms with Crippen LogP contribution in [-0.4, -0.2) is 7.11 Å². The molecule has 0 bridgehead atoms. The normalized spacial score (nSPS) is 11.4. The van der Waals surface area contributed by atoms with Crippen molar-refractivity contribution in [1.29, 1.82) is 0 Å². The summed E-state index contributed by atoms with van der Waals surface area (Å²) in [4.78, 5) is 0. The van der Waals surface area contributed by atoms with Gasteiger partial charge in [-0.1, -0.05) is 56.3 Å². The quantitative estimate of drug-likeness (QED) is 0.779. The van der Waals surface area contributed by atoms with Gasteiger partial charge >= 0.3 is 0 Å². The van der Waals surface area contributed by atoms with E-state index in [4.69, 9.17) is 4.74 Å². The lowest BCUT2D eigenvalue weighted by molar-refractivity contribution is 0.411. The van der Waals surface area contributed by atoms with Crippen molar-refractivity contribution in [1.82, 2.24) is 0 Å². The zero-order valence-electron chi connectivity index (χ0n) is 12.2. The number of ether oxygens (including phenoxy) is 1. The second kappa shape index (κ2) is 5.48. The van der Waals surface area contributed by atoms with Gasteiger partial charge < -0.3 is 4.74 Å². The number of rotatable bonds is 4. The average molecular weight is 254 g/mol.